The van der Waals surface area contributed by atoms with Crippen LogP contribution in [0, 0.1) is 0 Å². The van der Waals surface area contributed by atoms with Gasteiger partial charge in [-0.05, 0) is 29.8 Å². The highest BCUT2D eigenvalue weighted by atomic mass is 79.9. The number of halogens is 1. The molecule has 3 aromatic rings. The highest BCUT2D eigenvalue weighted by Crippen LogP contribution is 2.30. The molecule has 21 heavy (non-hydrogen) atoms. The summed E-state index contributed by atoms with van der Waals surface area (Å²) in [5, 5.41) is 0.918. The van der Waals surface area contributed by atoms with E-state index >= 15 is 0 Å². The number of hydrogen-bond donors (Lipinski definition) is 0. The SMILES string of the molecule is O=CC(Br)c1cc2cc(OCc3ccccc3)ccc2o1. The summed E-state index contributed by atoms with van der Waals surface area (Å²) in [7, 11) is 0. The Morgan fingerprint density at radius 2 is 1.95 bits per heavy atom. The quantitative estimate of drug-likeness (QED) is 0.499. The van der Waals surface area contributed by atoms with Crippen molar-refractivity contribution >= 4 is 33.2 Å². The second kappa shape index (κ2) is 6.14. The highest BCUT2D eigenvalue weighted by Gasteiger charge is 2.12. The second-order valence-corrected chi connectivity index (χ2v) is 5.65. The number of carbonyl (C=O) groups is 1. The summed E-state index contributed by atoms with van der Waals surface area (Å²) < 4.78 is 11.4. The van der Waals surface area contributed by atoms with Gasteiger partial charge in [-0.2, -0.15) is 0 Å². The first kappa shape index (κ1) is 13.9. The number of rotatable bonds is 5. The Hall–Kier alpha value is -2.07. The minimum Gasteiger partial charge on any atom is -0.489 e. The Bertz CT molecular complexity index is 749. The van der Waals surface area contributed by atoms with E-state index in [2.05, 4.69) is 15.9 Å². The summed E-state index contributed by atoms with van der Waals surface area (Å²) in [6.07, 6.45) is 0.796. The van der Waals surface area contributed by atoms with Gasteiger partial charge in [0.1, 0.15) is 34.8 Å². The molecule has 3 nitrogen and oxygen atoms in total. The molecule has 0 aliphatic rings. The third-order valence-corrected chi connectivity index (χ3v) is 3.81. The number of fused-ring (bicyclic) bond motifs is 1. The molecule has 0 saturated carbocycles. The number of alkyl halides is 1. The Morgan fingerprint density at radius 1 is 1.14 bits per heavy atom. The minimum absolute atomic E-state index is 0.418. The van der Waals surface area contributed by atoms with Crippen molar-refractivity contribution in [2.75, 3.05) is 0 Å². The van der Waals surface area contributed by atoms with Crippen LogP contribution in [0.4, 0.5) is 0 Å². The molecule has 0 spiro atoms. The largest absolute Gasteiger partial charge is 0.489 e. The monoisotopic (exact) mass is 344 g/mol. The van der Waals surface area contributed by atoms with E-state index < -0.39 is 4.83 Å². The fourth-order valence-corrected chi connectivity index (χ4v) is 2.30. The predicted octanol–water partition coefficient (Wildman–Crippen LogP) is 4.65. The number of aldehydes is 1. The zero-order valence-electron chi connectivity index (χ0n) is 11.2. The van der Waals surface area contributed by atoms with E-state index in [1.807, 2.05) is 54.6 Å². The zero-order chi connectivity index (χ0) is 14.7. The van der Waals surface area contributed by atoms with Gasteiger partial charge in [0.2, 0.25) is 0 Å². The van der Waals surface area contributed by atoms with Gasteiger partial charge in [-0.15, -0.1) is 0 Å². The van der Waals surface area contributed by atoms with Crippen molar-refractivity contribution in [1.29, 1.82) is 0 Å². The highest BCUT2D eigenvalue weighted by molar-refractivity contribution is 9.09. The van der Waals surface area contributed by atoms with E-state index in [0.29, 0.717) is 12.4 Å². The molecule has 4 heteroatoms. The van der Waals surface area contributed by atoms with Crippen LogP contribution in [0.3, 0.4) is 0 Å². The van der Waals surface area contributed by atoms with E-state index in [9.17, 15) is 4.79 Å². The van der Waals surface area contributed by atoms with E-state index in [-0.39, 0.29) is 0 Å². The lowest BCUT2D eigenvalue weighted by atomic mass is 10.2. The lowest BCUT2D eigenvalue weighted by Crippen LogP contribution is -1.94. The van der Waals surface area contributed by atoms with Gasteiger partial charge in [0.25, 0.3) is 0 Å². The molecule has 0 aliphatic heterocycles. The van der Waals surface area contributed by atoms with Gasteiger partial charge in [0.05, 0.1) is 0 Å². The van der Waals surface area contributed by atoms with E-state index in [0.717, 1.165) is 28.6 Å². The number of ether oxygens (including phenoxy) is 1. The van der Waals surface area contributed by atoms with Gasteiger partial charge in [-0.3, -0.25) is 0 Å². The van der Waals surface area contributed by atoms with Gasteiger partial charge in [0.15, 0.2) is 0 Å². The van der Waals surface area contributed by atoms with Crippen LogP contribution < -0.4 is 4.74 Å². The van der Waals surface area contributed by atoms with Crippen LogP contribution in [-0.2, 0) is 11.4 Å². The van der Waals surface area contributed by atoms with E-state index in [4.69, 9.17) is 9.15 Å². The molecule has 1 unspecified atom stereocenters. The molecule has 1 atom stereocenters. The van der Waals surface area contributed by atoms with Crippen LogP contribution in [0.5, 0.6) is 5.75 Å². The smallest absolute Gasteiger partial charge is 0.141 e. The average molecular weight is 345 g/mol. The van der Waals surface area contributed by atoms with Gasteiger partial charge in [-0.25, -0.2) is 0 Å². The summed E-state index contributed by atoms with van der Waals surface area (Å²) in [6, 6.07) is 17.5. The van der Waals surface area contributed by atoms with Crippen LogP contribution in [0.2, 0.25) is 0 Å². The fraction of sp³-hybridized carbons (Fsp3) is 0.118. The van der Waals surface area contributed by atoms with Gasteiger partial charge >= 0.3 is 0 Å². The van der Waals surface area contributed by atoms with Gasteiger partial charge < -0.3 is 13.9 Å². The molecule has 1 heterocycles. The van der Waals surface area contributed by atoms with Crippen LogP contribution in [-0.4, -0.2) is 6.29 Å². The fourth-order valence-electron chi connectivity index (χ4n) is 2.08. The maximum absolute atomic E-state index is 10.8. The van der Waals surface area contributed by atoms with Gasteiger partial charge in [-0.1, -0.05) is 46.3 Å². The molecular weight excluding hydrogens is 332 g/mol. The first-order valence-corrected chi connectivity index (χ1v) is 7.47. The molecule has 0 amide bonds. The molecule has 0 bridgehead atoms. The summed E-state index contributed by atoms with van der Waals surface area (Å²) >= 11 is 3.25. The molecular formula is C17H13BrO3. The third kappa shape index (κ3) is 3.16. The minimum atomic E-state index is -0.418. The number of benzene rings is 2. The van der Waals surface area contributed by atoms with Crippen molar-refractivity contribution in [2.24, 2.45) is 0 Å². The van der Waals surface area contributed by atoms with Crippen molar-refractivity contribution in [3.8, 4) is 5.75 Å². The molecule has 2 aromatic carbocycles. The molecule has 0 aliphatic carbocycles. The number of carbonyl (C=O) groups excluding carboxylic acids is 1. The van der Waals surface area contributed by atoms with Crippen molar-refractivity contribution in [3.63, 3.8) is 0 Å². The van der Waals surface area contributed by atoms with E-state index in [1.54, 1.807) is 0 Å². The first-order chi connectivity index (χ1) is 10.3. The van der Waals surface area contributed by atoms with Crippen molar-refractivity contribution < 1.29 is 13.9 Å². The van der Waals surface area contributed by atoms with Crippen molar-refractivity contribution in [2.45, 2.75) is 11.4 Å². The molecule has 0 radical (unpaired) electrons. The topological polar surface area (TPSA) is 39.4 Å². The number of hydrogen-bond acceptors (Lipinski definition) is 3. The Labute approximate surface area is 130 Å². The molecule has 3 rings (SSSR count). The first-order valence-electron chi connectivity index (χ1n) is 6.56. The molecule has 106 valence electrons. The van der Waals surface area contributed by atoms with Crippen molar-refractivity contribution in [3.05, 3.63) is 65.9 Å². The Morgan fingerprint density at radius 3 is 2.71 bits per heavy atom. The van der Waals surface area contributed by atoms with Gasteiger partial charge in [0, 0.05) is 5.39 Å². The predicted molar refractivity (Wildman–Crippen MR) is 84.7 cm³/mol. The Balaban J connectivity index is 1.79. The van der Waals surface area contributed by atoms with Crippen LogP contribution in [0.1, 0.15) is 16.2 Å². The second-order valence-electron chi connectivity index (χ2n) is 4.66. The molecule has 0 fully saturated rings. The van der Waals surface area contributed by atoms with Crippen LogP contribution in [0.15, 0.2) is 59.0 Å². The maximum Gasteiger partial charge on any atom is 0.141 e. The molecule has 1 aromatic heterocycles. The molecule has 0 saturated heterocycles. The maximum atomic E-state index is 10.8. The Kier molecular flexibility index (Phi) is 4.06. The summed E-state index contributed by atoms with van der Waals surface area (Å²) in [4.78, 5) is 10.4. The third-order valence-electron chi connectivity index (χ3n) is 3.15. The van der Waals surface area contributed by atoms with Crippen LogP contribution in [0.25, 0.3) is 11.0 Å². The van der Waals surface area contributed by atoms with Crippen LogP contribution >= 0.6 is 15.9 Å². The summed E-state index contributed by atoms with van der Waals surface area (Å²) in [5.74, 6) is 1.37. The van der Waals surface area contributed by atoms with E-state index in [1.165, 1.54) is 0 Å². The zero-order valence-corrected chi connectivity index (χ0v) is 12.7. The van der Waals surface area contributed by atoms with Crippen molar-refractivity contribution in [1.82, 2.24) is 0 Å². The summed E-state index contributed by atoms with van der Waals surface area (Å²) in [5.41, 5.74) is 1.86. The lowest BCUT2D eigenvalue weighted by molar-refractivity contribution is -0.107. The lowest BCUT2D eigenvalue weighted by Gasteiger charge is -2.05. The normalized spacial score (nSPS) is 12.2. The number of furan rings is 1. The standard InChI is InChI=1S/C17H13BrO3/c18-15(10-19)17-9-13-8-14(6-7-16(13)21-17)20-11-12-4-2-1-3-5-12/h1-10,15H,11H2. The average Bonchev–Trinajstić information content (AvgIpc) is 2.96. The molecule has 0 N–H and O–H groups in total. The summed E-state index contributed by atoms with van der Waals surface area (Å²) in [6.45, 7) is 0.520.